The highest BCUT2D eigenvalue weighted by Gasteiger charge is 2.14. The van der Waals surface area contributed by atoms with Crippen molar-refractivity contribution < 1.29 is 23.8 Å². The average molecular weight is 239 g/mol. The number of nitrogens with two attached hydrogens (primary N) is 1. The molecular formula is C11H13NO5. The minimum atomic E-state index is -1.000. The lowest BCUT2D eigenvalue weighted by molar-refractivity contribution is 0.0854. The molecular weight excluding hydrogens is 226 g/mol. The molecule has 1 aromatic carbocycles. The lowest BCUT2D eigenvalue weighted by Gasteiger charge is -2.09. The highest BCUT2D eigenvalue weighted by atomic mass is 16.5. The molecule has 0 atom stereocenters. The molecule has 6 heteroatoms. The summed E-state index contributed by atoms with van der Waals surface area (Å²) in [7, 11) is 2.92. The number of ketones is 1. The van der Waals surface area contributed by atoms with Gasteiger partial charge in [0, 0.05) is 0 Å². The van der Waals surface area contributed by atoms with Crippen molar-refractivity contribution >= 4 is 11.9 Å². The lowest BCUT2D eigenvalue weighted by atomic mass is 10.1. The fraction of sp³-hybridized carbons (Fsp3) is 0.273. The third-order valence-corrected chi connectivity index (χ3v) is 2.05. The van der Waals surface area contributed by atoms with Gasteiger partial charge in [0.2, 0.25) is 5.78 Å². The van der Waals surface area contributed by atoms with Crippen molar-refractivity contribution in [1.29, 1.82) is 0 Å². The summed E-state index contributed by atoms with van der Waals surface area (Å²) < 4.78 is 14.4. The van der Waals surface area contributed by atoms with Gasteiger partial charge in [0.25, 0.3) is 0 Å². The highest BCUT2D eigenvalue weighted by molar-refractivity contribution is 6.00. The van der Waals surface area contributed by atoms with E-state index in [9.17, 15) is 9.59 Å². The van der Waals surface area contributed by atoms with Gasteiger partial charge < -0.3 is 19.9 Å². The van der Waals surface area contributed by atoms with E-state index in [4.69, 9.17) is 15.2 Å². The van der Waals surface area contributed by atoms with E-state index in [-0.39, 0.29) is 5.56 Å². The van der Waals surface area contributed by atoms with Crippen LogP contribution in [-0.4, -0.2) is 32.7 Å². The summed E-state index contributed by atoms with van der Waals surface area (Å²) in [5.41, 5.74) is 5.05. The number of hydrogen-bond donors (Lipinski definition) is 1. The maximum atomic E-state index is 11.7. The molecule has 0 aromatic heterocycles. The molecule has 0 radical (unpaired) electrons. The Hall–Kier alpha value is -2.24. The van der Waals surface area contributed by atoms with Crippen molar-refractivity contribution in [3.05, 3.63) is 23.8 Å². The molecule has 0 aliphatic rings. The topological polar surface area (TPSA) is 87.8 Å². The first-order valence-corrected chi connectivity index (χ1v) is 4.76. The van der Waals surface area contributed by atoms with E-state index in [0.29, 0.717) is 11.5 Å². The Labute approximate surface area is 98.3 Å². The van der Waals surface area contributed by atoms with E-state index in [1.165, 1.54) is 20.3 Å². The van der Waals surface area contributed by atoms with Gasteiger partial charge in [0.05, 0.1) is 19.8 Å². The Morgan fingerprint density at radius 3 is 2.47 bits per heavy atom. The largest absolute Gasteiger partial charge is 0.497 e. The van der Waals surface area contributed by atoms with Gasteiger partial charge in [-0.1, -0.05) is 0 Å². The van der Waals surface area contributed by atoms with E-state index in [1.54, 1.807) is 12.1 Å². The first kappa shape index (κ1) is 12.8. The first-order valence-electron chi connectivity index (χ1n) is 4.76. The van der Waals surface area contributed by atoms with E-state index < -0.39 is 18.5 Å². The monoisotopic (exact) mass is 239 g/mol. The number of benzene rings is 1. The van der Waals surface area contributed by atoms with Gasteiger partial charge >= 0.3 is 6.09 Å². The third kappa shape index (κ3) is 3.37. The quantitative estimate of drug-likeness (QED) is 0.774. The first-order chi connectivity index (χ1) is 8.08. The van der Waals surface area contributed by atoms with Gasteiger partial charge in [0.1, 0.15) is 11.5 Å². The molecule has 2 N–H and O–H groups in total. The molecule has 0 fully saturated rings. The van der Waals surface area contributed by atoms with Crippen LogP contribution in [0.15, 0.2) is 18.2 Å². The lowest BCUT2D eigenvalue weighted by Crippen LogP contribution is -2.19. The molecule has 0 unspecified atom stereocenters. The van der Waals surface area contributed by atoms with E-state index in [0.717, 1.165) is 0 Å². The van der Waals surface area contributed by atoms with Crippen LogP contribution in [-0.2, 0) is 4.74 Å². The van der Waals surface area contributed by atoms with Crippen LogP contribution in [0.1, 0.15) is 10.4 Å². The smallest absolute Gasteiger partial charge is 0.404 e. The van der Waals surface area contributed by atoms with Crippen LogP contribution in [0, 0.1) is 0 Å². The van der Waals surface area contributed by atoms with Gasteiger partial charge in [-0.3, -0.25) is 4.79 Å². The predicted octanol–water partition coefficient (Wildman–Crippen LogP) is 0.982. The number of primary amides is 1. The van der Waals surface area contributed by atoms with Crippen LogP contribution in [0.25, 0.3) is 0 Å². The van der Waals surface area contributed by atoms with Crippen LogP contribution >= 0.6 is 0 Å². The summed E-state index contributed by atoms with van der Waals surface area (Å²) in [5, 5.41) is 0. The maximum Gasteiger partial charge on any atom is 0.404 e. The number of rotatable bonds is 5. The summed E-state index contributed by atoms with van der Waals surface area (Å²) >= 11 is 0. The molecule has 6 nitrogen and oxygen atoms in total. The zero-order valence-corrected chi connectivity index (χ0v) is 9.56. The van der Waals surface area contributed by atoms with Crippen molar-refractivity contribution in [2.45, 2.75) is 0 Å². The Morgan fingerprint density at radius 1 is 1.24 bits per heavy atom. The van der Waals surface area contributed by atoms with Gasteiger partial charge in [0.15, 0.2) is 6.61 Å². The van der Waals surface area contributed by atoms with Crippen LogP contribution in [0.3, 0.4) is 0 Å². The van der Waals surface area contributed by atoms with Gasteiger partial charge in [-0.25, -0.2) is 4.79 Å². The number of ether oxygens (including phenoxy) is 3. The normalized spacial score (nSPS) is 9.53. The second kappa shape index (κ2) is 5.74. The van der Waals surface area contributed by atoms with Crippen LogP contribution < -0.4 is 15.2 Å². The summed E-state index contributed by atoms with van der Waals surface area (Å²) in [6, 6.07) is 4.76. The average Bonchev–Trinajstić information content (AvgIpc) is 2.34. The molecule has 1 amide bonds. The number of methoxy groups -OCH3 is 2. The summed E-state index contributed by atoms with van der Waals surface area (Å²) in [4.78, 5) is 22.1. The fourth-order valence-corrected chi connectivity index (χ4v) is 1.25. The predicted molar refractivity (Wildman–Crippen MR) is 59.4 cm³/mol. The molecule has 0 bridgehead atoms. The fourth-order valence-electron chi connectivity index (χ4n) is 1.25. The second-order valence-electron chi connectivity index (χ2n) is 3.10. The van der Waals surface area contributed by atoms with Crippen molar-refractivity contribution in [3.63, 3.8) is 0 Å². The Balaban J connectivity index is 2.93. The number of carbonyl (C=O) groups excluding carboxylic acids is 2. The van der Waals surface area contributed by atoms with Crippen molar-refractivity contribution in [3.8, 4) is 11.5 Å². The van der Waals surface area contributed by atoms with Crippen LogP contribution in [0.2, 0.25) is 0 Å². The number of carbonyl (C=O) groups is 2. The summed E-state index contributed by atoms with van der Waals surface area (Å²) in [6.07, 6.45) is -1.000. The second-order valence-corrected chi connectivity index (χ2v) is 3.10. The standard InChI is InChI=1S/C11H13NO5/c1-15-7-3-4-10(16-2)8(5-7)9(13)6-17-11(12)14/h3-5H,6H2,1-2H3,(H2,12,14). The molecule has 0 saturated carbocycles. The van der Waals surface area contributed by atoms with Gasteiger partial charge in [-0.05, 0) is 18.2 Å². The number of amides is 1. The van der Waals surface area contributed by atoms with Gasteiger partial charge in [-0.2, -0.15) is 0 Å². The third-order valence-electron chi connectivity index (χ3n) is 2.05. The molecule has 17 heavy (non-hydrogen) atoms. The summed E-state index contributed by atoms with van der Waals surface area (Å²) in [6.45, 7) is -0.432. The Kier molecular flexibility index (Phi) is 4.33. The van der Waals surface area contributed by atoms with Crippen LogP contribution in [0.4, 0.5) is 4.79 Å². The minimum Gasteiger partial charge on any atom is -0.497 e. The molecule has 1 rings (SSSR count). The number of Topliss-reactive ketones (excluding diaryl/α,β-unsaturated/α-hetero) is 1. The molecule has 0 aliphatic heterocycles. The Bertz CT molecular complexity index is 430. The zero-order valence-electron chi connectivity index (χ0n) is 9.56. The molecule has 92 valence electrons. The maximum absolute atomic E-state index is 11.7. The molecule has 0 aliphatic carbocycles. The van der Waals surface area contributed by atoms with Gasteiger partial charge in [-0.15, -0.1) is 0 Å². The van der Waals surface area contributed by atoms with Crippen LogP contribution in [0.5, 0.6) is 11.5 Å². The SMILES string of the molecule is COc1ccc(OC)c(C(=O)COC(N)=O)c1. The van der Waals surface area contributed by atoms with E-state index in [2.05, 4.69) is 4.74 Å². The van der Waals surface area contributed by atoms with Crippen molar-refractivity contribution in [2.75, 3.05) is 20.8 Å². The highest BCUT2D eigenvalue weighted by Crippen LogP contribution is 2.24. The van der Waals surface area contributed by atoms with E-state index >= 15 is 0 Å². The van der Waals surface area contributed by atoms with Crippen molar-refractivity contribution in [1.82, 2.24) is 0 Å². The number of hydrogen-bond acceptors (Lipinski definition) is 5. The summed E-state index contributed by atoms with van der Waals surface area (Å²) in [5.74, 6) is 0.469. The zero-order chi connectivity index (χ0) is 12.8. The van der Waals surface area contributed by atoms with Crippen molar-refractivity contribution in [2.24, 2.45) is 5.73 Å². The Morgan fingerprint density at radius 2 is 1.94 bits per heavy atom. The molecule has 0 saturated heterocycles. The van der Waals surface area contributed by atoms with E-state index in [1.807, 2.05) is 0 Å². The molecule has 0 spiro atoms. The minimum absolute atomic E-state index is 0.271. The molecule has 1 aromatic rings. The molecule has 0 heterocycles.